The number of esters is 1. The van der Waals surface area contributed by atoms with Crippen LogP contribution in [0, 0.1) is 0 Å². The van der Waals surface area contributed by atoms with Crippen LogP contribution >= 0.6 is 0 Å². The minimum absolute atomic E-state index is 0.139. The minimum atomic E-state index is -0.575. The molecule has 0 aliphatic rings. The van der Waals surface area contributed by atoms with Crippen LogP contribution in [0.25, 0.3) is 0 Å². The SMILES string of the molecule is COc1ccc(COC(=O)C(C)OC)c(OC)c1. The summed E-state index contributed by atoms with van der Waals surface area (Å²) < 4.78 is 20.3. The van der Waals surface area contributed by atoms with E-state index in [1.165, 1.54) is 7.11 Å². The fourth-order valence-electron chi connectivity index (χ4n) is 1.33. The zero-order chi connectivity index (χ0) is 13.5. The number of ether oxygens (including phenoxy) is 4. The van der Waals surface area contributed by atoms with Gasteiger partial charge in [0.15, 0.2) is 6.10 Å². The van der Waals surface area contributed by atoms with E-state index in [0.29, 0.717) is 11.5 Å². The van der Waals surface area contributed by atoms with Crippen molar-refractivity contribution in [1.82, 2.24) is 0 Å². The predicted molar refractivity (Wildman–Crippen MR) is 65.8 cm³/mol. The van der Waals surface area contributed by atoms with Crippen LogP contribution in [0.15, 0.2) is 18.2 Å². The second-order valence-electron chi connectivity index (χ2n) is 3.66. The lowest BCUT2D eigenvalue weighted by Gasteiger charge is -2.12. The lowest BCUT2D eigenvalue weighted by atomic mass is 10.2. The van der Waals surface area contributed by atoms with E-state index >= 15 is 0 Å². The molecule has 5 heteroatoms. The van der Waals surface area contributed by atoms with Gasteiger partial charge in [-0.3, -0.25) is 0 Å². The van der Waals surface area contributed by atoms with Crippen LogP contribution in [0.1, 0.15) is 12.5 Å². The number of methoxy groups -OCH3 is 3. The Balaban J connectivity index is 2.70. The van der Waals surface area contributed by atoms with E-state index in [9.17, 15) is 4.79 Å². The van der Waals surface area contributed by atoms with Gasteiger partial charge in [-0.25, -0.2) is 4.79 Å². The largest absolute Gasteiger partial charge is 0.497 e. The third kappa shape index (κ3) is 3.63. The van der Waals surface area contributed by atoms with Gasteiger partial charge in [0.25, 0.3) is 0 Å². The molecule has 0 radical (unpaired) electrons. The molecule has 0 aromatic heterocycles. The van der Waals surface area contributed by atoms with Gasteiger partial charge in [0.1, 0.15) is 18.1 Å². The highest BCUT2D eigenvalue weighted by Gasteiger charge is 2.14. The van der Waals surface area contributed by atoms with Gasteiger partial charge in [-0.15, -0.1) is 0 Å². The van der Waals surface area contributed by atoms with Crippen molar-refractivity contribution in [3.63, 3.8) is 0 Å². The van der Waals surface area contributed by atoms with Crippen molar-refractivity contribution in [3.8, 4) is 11.5 Å². The fourth-order valence-corrected chi connectivity index (χ4v) is 1.33. The topological polar surface area (TPSA) is 54.0 Å². The van der Waals surface area contributed by atoms with Gasteiger partial charge in [-0.05, 0) is 19.1 Å². The fraction of sp³-hybridized carbons (Fsp3) is 0.462. The van der Waals surface area contributed by atoms with Crippen LogP contribution in [0.3, 0.4) is 0 Å². The molecule has 0 saturated heterocycles. The highest BCUT2D eigenvalue weighted by atomic mass is 16.6. The van der Waals surface area contributed by atoms with E-state index in [4.69, 9.17) is 18.9 Å². The van der Waals surface area contributed by atoms with Crippen LogP contribution in [0.5, 0.6) is 11.5 Å². The van der Waals surface area contributed by atoms with E-state index in [1.807, 2.05) is 0 Å². The highest BCUT2D eigenvalue weighted by molar-refractivity contribution is 5.74. The molecule has 0 N–H and O–H groups in total. The summed E-state index contributed by atoms with van der Waals surface area (Å²) in [4.78, 5) is 11.5. The standard InChI is InChI=1S/C13H18O5/c1-9(15-2)13(14)18-8-10-5-6-11(16-3)7-12(10)17-4/h5-7,9H,8H2,1-4H3. The second kappa shape index (κ2) is 6.86. The molecule has 1 rings (SSSR count). The van der Waals surface area contributed by atoms with Gasteiger partial charge in [0.2, 0.25) is 0 Å². The third-order valence-electron chi connectivity index (χ3n) is 2.55. The third-order valence-corrected chi connectivity index (χ3v) is 2.55. The molecular formula is C13H18O5. The molecule has 1 unspecified atom stereocenters. The van der Waals surface area contributed by atoms with Crippen LogP contribution in [-0.4, -0.2) is 33.4 Å². The van der Waals surface area contributed by atoms with Crippen molar-refractivity contribution in [2.45, 2.75) is 19.6 Å². The number of hydrogen-bond acceptors (Lipinski definition) is 5. The second-order valence-corrected chi connectivity index (χ2v) is 3.66. The van der Waals surface area contributed by atoms with E-state index in [0.717, 1.165) is 5.56 Å². The van der Waals surface area contributed by atoms with Crippen LogP contribution in [0.2, 0.25) is 0 Å². The number of carbonyl (C=O) groups is 1. The number of hydrogen-bond donors (Lipinski definition) is 0. The molecule has 0 aliphatic heterocycles. The molecule has 0 bridgehead atoms. The zero-order valence-electron chi connectivity index (χ0n) is 11.1. The molecule has 100 valence electrons. The van der Waals surface area contributed by atoms with Crippen molar-refractivity contribution in [2.24, 2.45) is 0 Å². The van der Waals surface area contributed by atoms with Crippen molar-refractivity contribution in [1.29, 1.82) is 0 Å². The Hall–Kier alpha value is -1.75. The zero-order valence-corrected chi connectivity index (χ0v) is 11.1. The summed E-state index contributed by atoms with van der Waals surface area (Å²) in [5.74, 6) is 0.898. The molecule has 0 amide bonds. The summed E-state index contributed by atoms with van der Waals surface area (Å²) in [6.07, 6.45) is -0.575. The Bertz CT molecular complexity index is 402. The summed E-state index contributed by atoms with van der Waals surface area (Å²) >= 11 is 0. The summed E-state index contributed by atoms with van der Waals surface area (Å²) in [7, 11) is 4.59. The van der Waals surface area contributed by atoms with Crippen LogP contribution in [0.4, 0.5) is 0 Å². The Morgan fingerprint density at radius 3 is 2.50 bits per heavy atom. The Labute approximate surface area is 107 Å². The molecule has 1 aromatic carbocycles. The van der Waals surface area contributed by atoms with Crippen molar-refractivity contribution in [3.05, 3.63) is 23.8 Å². The summed E-state index contributed by atoms with van der Waals surface area (Å²) in [6, 6.07) is 5.32. The minimum Gasteiger partial charge on any atom is -0.497 e. The molecule has 0 saturated carbocycles. The molecule has 0 heterocycles. The van der Waals surface area contributed by atoms with Gasteiger partial charge < -0.3 is 18.9 Å². The quantitative estimate of drug-likeness (QED) is 0.724. The Morgan fingerprint density at radius 2 is 1.94 bits per heavy atom. The molecular weight excluding hydrogens is 236 g/mol. The smallest absolute Gasteiger partial charge is 0.335 e. The average Bonchev–Trinajstić information content (AvgIpc) is 2.43. The maximum absolute atomic E-state index is 11.5. The normalized spacial score (nSPS) is 11.8. The highest BCUT2D eigenvalue weighted by Crippen LogP contribution is 2.25. The Morgan fingerprint density at radius 1 is 1.22 bits per heavy atom. The first kappa shape index (κ1) is 14.3. The molecule has 18 heavy (non-hydrogen) atoms. The molecule has 1 aromatic rings. The maximum Gasteiger partial charge on any atom is 0.335 e. The number of benzene rings is 1. The van der Waals surface area contributed by atoms with E-state index < -0.39 is 12.1 Å². The van der Waals surface area contributed by atoms with Crippen LogP contribution < -0.4 is 9.47 Å². The average molecular weight is 254 g/mol. The van der Waals surface area contributed by atoms with Crippen molar-refractivity contribution in [2.75, 3.05) is 21.3 Å². The summed E-state index contributed by atoms with van der Waals surface area (Å²) in [5.41, 5.74) is 0.773. The van der Waals surface area contributed by atoms with Gasteiger partial charge in [-0.1, -0.05) is 0 Å². The van der Waals surface area contributed by atoms with Crippen molar-refractivity contribution >= 4 is 5.97 Å². The Kier molecular flexibility index (Phi) is 5.45. The molecule has 0 aliphatic carbocycles. The van der Waals surface area contributed by atoms with Gasteiger partial charge in [-0.2, -0.15) is 0 Å². The van der Waals surface area contributed by atoms with Crippen molar-refractivity contribution < 1.29 is 23.7 Å². The van der Waals surface area contributed by atoms with E-state index in [-0.39, 0.29) is 6.61 Å². The first-order valence-electron chi connectivity index (χ1n) is 5.52. The first-order valence-corrected chi connectivity index (χ1v) is 5.52. The summed E-state index contributed by atoms with van der Waals surface area (Å²) in [5, 5.41) is 0. The van der Waals surface area contributed by atoms with Crippen LogP contribution in [-0.2, 0) is 20.9 Å². The summed E-state index contributed by atoms with van der Waals surface area (Å²) in [6.45, 7) is 1.77. The molecule has 0 spiro atoms. The molecule has 5 nitrogen and oxygen atoms in total. The van der Waals surface area contributed by atoms with E-state index in [2.05, 4.69) is 0 Å². The molecule has 0 fully saturated rings. The van der Waals surface area contributed by atoms with Gasteiger partial charge in [0, 0.05) is 18.7 Å². The predicted octanol–water partition coefficient (Wildman–Crippen LogP) is 1.78. The van der Waals surface area contributed by atoms with E-state index in [1.54, 1.807) is 39.3 Å². The first-order chi connectivity index (χ1) is 8.62. The lowest BCUT2D eigenvalue weighted by molar-refractivity contribution is -0.155. The number of rotatable bonds is 6. The van der Waals surface area contributed by atoms with Gasteiger partial charge in [0.05, 0.1) is 14.2 Å². The monoisotopic (exact) mass is 254 g/mol. The lowest BCUT2D eigenvalue weighted by Crippen LogP contribution is -2.21. The molecule has 1 atom stereocenters. The van der Waals surface area contributed by atoms with Gasteiger partial charge >= 0.3 is 5.97 Å². The number of carbonyl (C=O) groups excluding carboxylic acids is 1. The maximum atomic E-state index is 11.5.